The van der Waals surface area contributed by atoms with Gasteiger partial charge in [0.15, 0.2) is 0 Å². The van der Waals surface area contributed by atoms with Gasteiger partial charge in [0.2, 0.25) is 0 Å². The monoisotopic (exact) mass is 360 g/mol. The Hall–Kier alpha value is -0.540. The first-order valence-electron chi connectivity index (χ1n) is 6.43. The summed E-state index contributed by atoms with van der Waals surface area (Å²) in [5.74, 6) is 0.451. The molecule has 0 aromatic heterocycles. The summed E-state index contributed by atoms with van der Waals surface area (Å²) in [4.78, 5) is 0.684. The fourth-order valence-corrected chi connectivity index (χ4v) is 3.95. The summed E-state index contributed by atoms with van der Waals surface area (Å²) in [6.07, 6.45) is 0. The molecule has 0 saturated heterocycles. The molecule has 0 aliphatic heterocycles. The van der Waals surface area contributed by atoms with E-state index in [-0.39, 0.29) is 0 Å². The predicted molar refractivity (Wildman–Crippen MR) is 91.8 cm³/mol. The second kappa shape index (κ2) is 7.64. The molecule has 112 valence electrons. The number of alkyl halides is 3. The molecule has 0 spiro atoms. The summed E-state index contributed by atoms with van der Waals surface area (Å²) >= 11 is 18.4. The van der Waals surface area contributed by atoms with Crippen molar-refractivity contribution in [3.05, 3.63) is 65.2 Å². The van der Waals surface area contributed by atoms with Crippen molar-refractivity contribution in [2.24, 2.45) is 0 Å². The van der Waals surface area contributed by atoms with E-state index in [4.69, 9.17) is 34.8 Å². The van der Waals surface area contributed by atoms with Crippen molar-refractivity contribution in [2.75, 3.05) is 0 Å². The molecule has 0 fully saturated rings. The van der Waals surface area contributed by atoms with Gasteiger partial charge in [0, 0.05) is 10.8 Å². The van der Waals surface area contributed by atoms with Gasteiger partial charge in [-0.25, -0.2) is 0 Å². The van der Waals surface area contributed by atoms with Gasteiger partial charge in [-0.05, 0) is 30.2 Å². The lowest BCUT2D eigenvalue weighted by Gasteiger charge is -2.16. The largest absolute Gasteiger partial charge is 0.253 e. The zero-order chi connectivity index (χ0) is 15.4. The minimum absolute atomic E-state index is 0.451. The molecule has 0 saturated carbocycles. The molecule has 2 rings (SSSR count). The lowest BCUT2D eigenvalue weighted by Crippen LogP contribution is -2.14. The third-order valence-corrected chi connectivity index (χ3v) is 6.39. The highest BCUT2D eigenvalue weighted by Gasteiger charge is 2.25. The van der Waals surface area contributed by atoms with Crippen LogP contribution in [0.5, 0.6) is 0 Å². The third kappa shape index (κ3) is 4.23. The Morgan fingerprint density at radius 3 is 2.10 bits per heavy atom. The Morgan fingerprint density at radius 1 is 1.00 bits per heavy atom. The highest BCUT2D eigenvalue weighted by molar-refractivity contribution is 7.87. The maximum Gasteiger partial charge on any atom is 0.134 e. The summed E-state index contributed by atoms with van der Waals surface area (Å²) in [5, 5.41) is -0.529. The predicted octanol–water partition coefficient (Wildman–Crippen LogP) is 5.39. The first kappa shape index (κ1) is 16.8. The molecule has 0 heterocycles. The number of halogens is 3. The van der Waals surface area contributed by atoms with Gasteiger partial charge in [0.05, 0.1) is 16.2 Å². The van der Waals surface area contributed by atoms with Gasteiger partial charge in [-0.3, -0.25) is 4.21 Å². The van der Waals surface area contributed by atoms with E-state index in [1.165, 1.54) is 0 Å². The molecule has 0 amide bonds. The summed E-state index contributed by atoms with van der Waals surface area (Å²) in [6, 6.07) is 15.0. The van der Waals surface area contributed by atoms with Crippen LogP contribution in [-0.2, 0) is 16.7 Å². The Labute approximate surface area is 142 Å². The molecule has 0 aliphatic rings. The van der Waals surface area contributed by atoms with Crippen LogP contribution in [-0.4, -0.2) is 8.92 Å². The van der Waals surface area contributed by atoms with Crippen molar-refractivity contribution in [2.45, 2.75) is 27.8 Å². The lowest BCUT2D eigenvalue weighted by atomic mass is 10.1. The minimum atomic E-state index is -1.37. The van der Waals surface area contributed by atoms with E-state index >= 15 is 0 Å². The Morgan fingerprint density at radius 2 is 1.57 bits per heavy atom. The Bertz CT molecular complexity index is 610. The first-order chi connectivity index (χ1) is 10.0. The SMILES string of the molecule is Cc1ccc(S(=O)[C@H](Cl)[C@H](Cl)c2ccc(CCl)cc2)cc1. The normalized spacial score (nSPS) is 15.4. The maximum atomic E-state index is 12.5. The van der Waals surface area contributed by atoms with Crippen molar-refractivity contribution in [3.63, 3.8) is 0 Å². The molecular formula is C16H15Cl3OS. The molecule has 2 aromatic carbocycles. The number of hydrogen-bond acceptors (Lipinski definition) is 1. The standard InChI is InChI=1S/C16H15Cl3OS/c1-11-2-8-14(9-3-11)21(20)16(19)15(18)13-6-4-12(10-17)5-7-13/h2-9,15-16H,10H2,1H3/t15-,16+,21?/m1/s1. The molecule has 0 bridgehead atoms. The van der Waals surface area contributed by atoms with Crippen LogP contribution in [0.3, 0.4) is 0 Å². The molecule has 0 radical (unpaired) electrons. The van der Waals surface area contributed by atoms with E-state index in [9.17, 15) is 4.21 Å². The van der Waals surface area contributed by atoms with Gasteiger partial charge in [0.1, 0.15) is 4.71 Å². The van der Waals surface area contributed by atoms with Gasteiger partial charge in [-0.2, -0.15) is 0 Å². The second-order valence-electron chi connectivity index (χ2n) is 4.74. The van der Waals surface area contributed by atoms with Crippen LogP contribution < -0.4 is 0 Å². The molecule has 21 heavy (non-hydrogen) atoms. The zero-order valence-electron chi connectivity index (χ0n) is 11.4. The summed E-state index contributed by atoms with van der Waals surface area (Å²) in [6.45, 7) is 1.98. The Kier molecular flexibility index (Phi) is 6.12. The average Bonchev–Trinajstić information content (AvgIpc) is 2.53. The van der Waals surface area contributed by atoms with Crippen molar-refractivity contribution in [1.82, 2.24) is 0 Å². The number of benzene rings is 2. The van der Waals surface area contributed by atoms with Crippen molar-refractivity contribution in [1.29, 1.82) is 0 Å². The molecule has 3 atom stereocenters. The van der Waals surface area contributed by atoms with E-state index in [1.54, 1.807) is 0 Å². The Balaban J connectivity index is 2.15. The van der Waals surface area contributed by atoms with Gasteiger partial charge in [0.25, 0.3) is 0 Å². The highest BCUT2D eigenvalue weighted by Crippen LogP contribution is 2.32. The molecule has 2 aromatic rings. The third-order valence-electron chi connectivity index (χ3n) is 3.14. The topological polar surface area (TPSA) is 17.1 Å². The second-order valence-corrected chi connectivity index (χ2v) is 7.78. The van der Waals surface area contributed by atoms with Crippen LogP contribution >= 0.6 is 34.8 Å². The lowest BCUT2D eigenvalue weighted by molar-refractivity contribution is 0.679. The van der Waals surface area contributed by atoms with Crippen LogP contribution in [0.1, 0.15) is 22.1 Å². The summed E-state index contributed by atoms with van der Waals surface area (Å²) < 4.78 is 11.8. The molecule has 0 N–H and O–H groups in total. The number of aryl methyl sites for hydroxylation is 1. The fraction of sp³-hybridized carbons (Fsp3) is 0.250. The first-order valence-corrected chi connectivity index (χ1v) is 9.05. The quantitative estimate of drug-likeness (QED) is 0.653. The fourth-order valence-electron chi connectivity index (χ4n) is 1.85. The van der Waals surface area contributed by atoms with Crippen LogP contribution in [0, 0.1) is 6.92 Å². The van der Waals surface area contributed by atoms with E-state index in [1.807, 2.05) is 55.5 Å². The van der Waals surface area contributed by atoms with Gasteiger partial charge < -0.3 is 0 Å². The zero-order valence-corrected chi connectivity index (χ0v) is 14.5. The molecule has 1 nitrogen and oxygen atoms in total. The average molecular weight is 362 g/mol. The smallest absolute Gasteiger partial charge is 0.134 e. The minimum Gasteiger partial charge on any atom is -0.253 e. The van der Waals surface area contributed by atoms with Crippen LogP contribution in [0.15, 0.2) is 53.4 Å². The van der Waals surface area contributed by atoms with E-state index < -0.39 is 20.9 Å². The van der Waals surface area contributed by atoms with Crippen LogP contribution in [0.4, 0.5) is 0 Å². The van der Waals surface area contributed by atoms with Crippen molar-refractivity contribution < 1.29 is 4.21 Å². The van der Waals surface area contributed by atoms with Gasteiger partial charge >= 0.3 is 0 Å². The molecule has 0 aliphatic carbocycles. The van der Waals surface area contributed by atoms with Crippen molar-refractivity contribution >= 4 is 45.6 Å². The molecular weight excluding hydrogens is 347 g/mol. The van der Waals surface area contributed by atoms with E-state index in [2.05, 4.69) is 0 Å². The van der Waals surface area contributed by atoms with Gasteiger partial charge in [-0.15, -0.1) is 34.8 Å². The van der Waals surface area contributed by atoms with E-state index in [0.29, 0.717) is 10.8 Å². The molecule has 1 unspecified atom stereocenters. The van der Waals surface area contributed by atoms with Crippen LogP contribution in [0.2, 0.25) is 0 Å². The number of hydrogen-bond donors (Lipinski definition) is 0. The van der Waals surface area contributed by atoms with Crippen LogP contribution in [0.25, 0.3) is 0 Å². The molecule has 5 heteroatoms. The summed E-state index contributed by atoms with van der Waals surface area (Å²) in [5.41, 5.74) is 2.96. The van der Waals surface area contributed by atoms with Gasteiger partial charge in [-0.1, -0.05) is 42.0 Å². The van der Waals surface area contributed by atoms with Crippen molar-refractivity contribution in [3.8, 4) is 0 Å². The van der Waals surface area contributed by atoms with E-state index in [0.717, 1.165) is 16.7 Å². The number of rotatable bonds is 5. The highest BCUT2D eigenvalue weighted by atomic mass is 35.5. The summed E-state index contributed by atoms with van der Waals surface area (Å²) in [7, 11) is -1.37. The maximum absolute atomic E-state index is 12.5.